The minimum Gasteiger partial charge on any atom is -0.504 e. The highest BCUT2D eigenvalue weighted by atomic mass is 16.6. The van der Waals surface area contributed by atoms with Crippen LogP contribution in [0, 0.1) is 27.6 Å². The van der Waals surface area contributed by atoms with Crippen molar-refractivity contribution in [1.29, 1.82) is 0 Å². The number of ether oxygens (including phenoxy) is 3. The standard InChI is InChI=1S/C26H30O9/c1-11-17-26(34-17)22(4)10-9-12(27)21(2,3)14(22)13(28)16(29)24(26,6)15-18(30)35-25(7,20(32)33-8)19(31)23(11,15)5/h15,17,28H,1,9-10H2,2-8H3/t15-,17-,22+,23+,24-,25-,26+/m0/s1. The van der Waals surface area contributed by atoms with Gasteiger partial charge in [0.15, 0.2) is 11.5 Å². The van der Waals surface area contributed by atoms with Crippen LogP contribution in [0.25, 0.3) is 0 Å². The lowest BCUT2D eigenvalue weighted by molar-refractivity contribution is -0.212. The van der Waals surface area contributed by atoms with Crippen LogP contribution in [0.2, 0.25) is 0 Å². The van der Waals surface area contributed by atoms with Gasteiger partial charge in [-0.2, -0.15) is 0 Å². The monoisotopic (exact) mass is 486 g/mol. The van der Waals surface area contributed by atoms with E-state index in [4.69, 9.17) is 14.2 Å². The first kappa shape index (κ1) is 23.9. The van der Waals surface area contributed by atoms with Crippen molar-refractivity contribution in [2.24, 2.45) is 27.6 Å². The van der Waals surface area contributed by atoms with Gasteiger partial charge in [-0.25, -0.2) is 4.79 Å². The summed E-state index contributed by atoms with van der Waals surface area (Å²) in [6.45, 7) is 13.5. The molecule has 5 rings (SSSR count). The number of fused-ring (bicyclic) bond motifs is 3. The molecule has 2 heterocycles. The summed E-state index contributed by atoms with van der Waals surface area (Å²) in [5.74, 6) is -5.64. The quantitative estimate of drug-likeness (QED) is 0.256. The Balaban J connectivity index is 1.80. The lowest BCUT2D eigenvalue weighted by atomic mass is 9.37. The summed E-state index contributed by atoms with van der Waals surface area (Å²) in [6, 6.07) is 0. The summed E-state index contributed by atoms with van der Waals surface area (Å²) >= 11 is 0. The molecule has 0 aromatic carbocycles. The van der Waals surface area contributed by atoms with E-state index in [2.05, 4.69) is 6.58 Å². The molecule has 2 saturated carbocycles. The van der Waals surface area contributed by atoms with Gasteiger partial charge in [0.2, 0.25) is 5.78 Å². The number of allylic oxidation sites excluding steroid dienone is 1. The van der Waals surface area contributed by atoms with E-state index in [1.807, 2.05) is 6.92 Å². The molecule has 9 heteroatoms. The molecule has 188 valence electrons. The highest BCUT2D eigenvalue weighted by molar-refractivity contribution is 6.17. The van der Waals surface area contributed by atoms with Crippen LogP contribution in [0.5, 0.6) is 0 Å². The largest absolute Gasteiger partial charge is 0.504 e. The third-order valence-corrected chi connectivity index (χ3v) is 10.0. The van der Waals surface area contributed by atoms with Crippen molar-refractivity contribution in [3.8, 4) is 0 Å². The number of carbonyl (C=O) groups excluding carboxylic acids is 5. The maximum atomic E-state index is 14.1. The average Bonchev–Trinajstić information content (AvgIpc) is 3.55. The van der Waals surface area contributed by atoms with E-state index >= 15 is 0 Å². The zero-order valence-electron chi connectivity index (χ0n) is 21.0. The second-order valence-electron chi connectivity index (χ2n) is 11.8. The number of rotatable bonds is 1. The number of methoxy groups -OCH3 is 1. The Hall–Kier alpha value is -2.81. The van der Waals surface area contributed by atoms with Crippen LogP contribution in [0.1, 0.15) is 54.4 Å². The van der Waals surface area contributed by atoms with Crippen molar-refractivity contribution in [3.63, 3.8) is 0 Å². The Morgan fingerprint density at radius 2 is 1.69 bits per heavy atom. The number of aliphatic hydroxyl groups is 1. The van der Waals surface area contributed by atoms with Gasteiger partial charge < -0.3 is 19.3 Å². The van der Waals surface area contributed by atoms with Crippen molar-refractivity contribution >= 4 is 29.3 Å². The van der Waals surface area contributed by atoms with Gasteiger partial charge in [0.1, 0.15) is 17.5 Å². The third-order valence-electron chi connectivity index (χ3n) is 10.0. The summed E-state index contributed by atoms with van der Waals surface area (Å²) in [5.41, 5.74) is -8.56. The number of epoxide rings is 1. The highest BCUT2D eigenvalue weighted by Gasteiger charge is 2.91. The number of carbonyl (C=O) groups is 5. The van der Waals surface area contributed by atoms with Gasteiger partial charge >= 0.3 is 11.9 Å². The topological polar surface area (TPSA) is 137 Å². The zero-order chi connectivity index (χ0) is 26.3. The van der Waals surface area contributed by atoms with Gasteiger partial charge in [0.05, 0.1) is 23.9 Å². The predicted octanol–water partition coefficient (Wildman–Crippen LogP) is 2.17. The maximum absolute atomic E-state index is 14.1. The second-order valence-corrected chi connectivity index (χ2v) is 11.8. The van der Waals surface area contributed by atoms with Crippen molar-refractivity contribution in [1.82, 2.24) is 0 Å². The molecule has 0 aromatic rings. The van der Waals surface area contributed by atoms with E-state index in [0.29, 0.717) is 0 Å². The molecule has 0 amide bonds. The Morgan fingerprint density at radius 1 is 1.09 bits per heavy atom. The van der Waals surface area contributed by atoms with Gasteiger partial charge in [0, 0.05) is 17.3 Å². The number of hydrogen-bond donors (Lipinski definition) is 1. The minimum atomic E-state index is -2.23. The number of aliphatic hydroxyl groups excluding tert-OH is 1. The van der Waals surface area contributed by atoms with Gasteiger partial charge in [0.25, 0.3) is 5.60 Å². The summed E-state index contributed by atoms with van der Waals surface area (Å²) in [5, 5.41) is 11.3. The SMILES string of the molecule is C=C1[C@@H]2O[C@@]23[C@]2(C)CCC(=O)C(C)(C)C2=C(O)C(=O)[C@]3(C)[C@H]2C(=O)O[C@](C)(C(=O)OC)C(=O)[C@]12C. The Labute approximate surface area is 202 Å². The van der Waals surface area contributed by atoms with Gasteiger partial charge in [-0.1, -0.05) is 13.5 Å². The Morgan fingerprint density at radius 3 is 2.26 bits per heavy atom. The number of cyclic esters (lactones) is 1. The zero-order valence-corrected chi connectivity index (χ0v) is 21.0. The van der Waals surface area contributed by atoms with Crippen LogP contribution >= 0.6 is 0 Å². The molecule has 0 aromatic heterocycles. The van der Waals surface area contributed by atoms with Gasteiger partial charge in [-0.15, -0.1) is 0 Å². The van der Waals surface area contributed by atoms with Crippen molar-refractivity contribution in [2.45, 2.75) is 71.7 Å². The first-order valence-corrected chi connectivity index (χ1v) is 11.7. The number of Topliss-reactive ketones (excluding diaryl/α,β-unsaturated/α-hetero) is 3. The minimum absolute atomic E-state index is 0.109. The molecule has 5 aliphatic rings. The molecule has 2 aliphatic heterocycles. The first-order chi connectivity index (χ1) is 16.0. The van der Waals surface area contributed by atoms with Crippen LogP contribution in [-0.4, -0.2) is 58.8 Å². The molecule has 0 unspecified atom stereocenters. The van der Waals surface area contributed by atoms with Gasteiger partial charge in [-0.3, -0.25) is 19.2 Å². The van der Waals surface area contributed by atoms with E-state index in [-0.39, 0.29) is 29.8 Å². The van der Waals surface area contributed by atoms with Crippen molar-refractivity contribution < 1.29 is 43.3 Å². The molecule has 9 nitrogen and oxygen atoms in total. The molecule has 0 radical (unpaired) electrons. The smallest absolute Gasteiger partial charge is 0.358 e. The fourth-order valence-corrected chi connectivity index (χ4v) is 8.20. The van der Waals surface area contributed by atoms with E-state index in [0.717, 1.165) is 7.11 Å². The Bertz CT molecular complexity index is 1230. The van der Waals surface area contributed by atoms with E-state index in [1.54, 1.807) is 13.8 Å². The van der Waals surface area contributed by atoms with Gasteiger partial charge in [-0.05, 0) is 52.2 Å². The number of hydrogen-bond acceptors (Lipinski definition) is 9. The number of ketones is 3. The third kappa shape index (κ3) is 2.07. The molecule has 2 saturated heterocycles. The predicted molar refractivity (Wildman–Crippen MR) is 119 cm³/mol. The van der Waals surface area contributed by atoms with E-state index < -0.39 is 74.1 Å². The van der Waals surface area contributed by atoms with Crippen LogP contribution in [-0.2, 0) is 38.2 Å². The maximum Gasteiger partial charge on any atom is 0.358 e. The molecule has 1 N–H and O–H groups in total. The molecule has 1 spiro atoms. The van der Waals surface area contributed by atoms with Crippen molar-refractivity contribution in [3.05, 3.63) is 23.5 Å². The van der Waals surface area contributed by atoms with Crippen LogP contribution in [0.4, 0.5) is 0 Å². The van der Waals surface area contributed by atoms with E-state index in [9.17, 15) is 29.1 Å². The fraction of sp³-hybridized carbons (Fsp3) is 0.654. The van der Waals surface area contributed by atoms with Crippen LogP contribution in [0.3, 0.4) is 0 Å². The summed E-state index contributed by atoms with van der Waals surface area (Å²) in [4.78, 5) is 67.1. The molecule has 3 aliphatic carbocycles. The first-order valence-electron chi connectivity index (χ1n) is 11.7. The molecule has 7 atom stereocenters. The van der Waals surface area contributed by atoms with Crippen LogP contribution < -0.4 is 0 Å². The van der Waals surface area contributed by atoms with Crippen LogP contribution in [0.15, 0.2) is 23.5 Å². The summed E-state index contributed by atoms with van der Waals surface area (Å²) in [6.07, 6.45) is -0.333. The molecular weight excluding hydrogens is 456 g/mol. The highest BCUT2D eigenvalue weighted by Crippen LogP contribution is 2.79. The normalized spacial score (nSPS) is 47.8. The fourth-order valence-electron chi connectivity index (χ4n) is 8.20. The van der Waals surface area contributed by atoms with E-state index in [1.165, 1.54) is 20.8 Å². The summed E-state index contributed by atoms with van der Waals surface area (Å²) in [7, 11) is 1.08. The lowest BCUT2D eigenvalue weighted by Gasteiger charge is -2.62. The second kappa shape index (κ2) is 6.11. The lowest BCUT2D eigenvalue weighted by Crippen LogP contribution is -2.75. The molecule has 4 fully saturated rings. The Kier molecular flexibility index (Phi) is 4.18. The number of esters is 2. The molecule has 0 bridgehead atoms. The molecular formula is C26H30O9. The van der Waals surface area contributed by atoms with Crippen molar-refractivity contribution in [2.75, 3.05) is 7.11 Å². The summed E-state index contributed by atoms with van der Waals surface area (Å²) < 4.78 is 16.6. The average molecular weight is 487 g/mol. The molecule has 35 heavy (non-hydrogen) atoms.